The Kier molecular flexibility index (Phi) is 4.63. The quantitative estimate of drug-likeness (QED) is 0.828. The van der Waals surface area contributed by atoms with E-state index in [1.165, 1.54) is 0 Å². The molecule has 1 saturated heterocycles. The minimum absolute atomic E-state index is 0.0888. The standard InChI is InChI=1S/C15H18O3/c1-12-5-6-15(18-14-7-9-17-11-14)13(10-12)4-2-3-8-16/h5-6,10,14,16H,3,7-9,11H2,1H3. The van der Waals surface area contributed by atoms with Gasteiger partial charge in [-0.3, -0.25) is 0 Å². The summed E-state index contributed by atoms with van der Waals surface area (Å²) >= 11 is 0. The zero-order chi connectivity index (χ0) is 12.8. The summed E-state index contributed by atoms with van der Waals surface area (Å²) in [6, 6.07) is 5.98. The molecule has 1 fully saturated rings. The number of aliphatic hydroxyl groups excluding tert-OH is 1. The lowest BCUT2D eigenvalue weighted by molar-refractivity contribution is 0.141. The molecule has 3 heteroatoms. The van der Waals surface area contributed by atoms with Gasteiger partial charge in [0, 0.05) is 12.8 Å². The molecule has 1 N–H and O–H groups in total. The van der Waals surface area contributed by atoms with Gasteiger partial charge in [0.15, 0.2) is 0 Å². The van der Waals surface area contributed by atoms with E-state index in [1.807, 2.05) is 25.1 Å². The zero-order valence-corrected chi connectivity index (χ0v) is 10.6. The van der Waals surface area contributed by atoms with Crippen LogP contribution in [0, 0.1) is 18.8 Å². The Morgan fingerprint density at radius 1 is 1.50 bits per heavy atom. The van der Waals surface area contributed by atoms with E-state index in [1.54, 1.807) is 0 Å². The molecule has 1 atom stereocenters. The molecule has 18 heavy (non-hydrogen) atoms. The molecule has 96 valence electrons. The molecule has 0 amide bonds. The molecule has 0 bridgehead atoms. The Labute approximate surface area is 108 Å². The summed E-state index contributed by atoms with van der Waals surface area (Å²) in [4.78, 5) is 0. The van der Waals surface area contributed by atoms with Crippen LogP contribution in [0.2, 0.25) is 0 Å². The second-order valence-corrected chi connectivity index (χ2v) is 4.38. The van der Waals surface area contributed by atoms with E-state index in [-0.39, 0.29) is 12.7 Å². The summed E-state index contributed by atoms with van der Waals surface area (Å²) in [5, 5.41) is 8.75. The van der Waals surface area contributed by atoms with Gasteiger partial charge in [0.2, 0.25) is 0 Å². The molecule has 1 aliphatic rings. The smallest absolute Gasteiger partial charge is 0.135 e. The Bertz CT molecular complexity index is 451. The second-order valence-electron chi connectivity index (χ2n) is 4.38. The summed E-state index contributed by atoms with van der Waals surface area (Å²) in [5.41, 5.74) is 2.04. The van der Waals surface area contributed by atoms with Crippen molar-refractivity contribution in [2.24, 2.45) is 0 Å². The highest BCUT2D eigenvalue weighted by Crippen LogP contribution is 2.22. The fourth-order valence-corrected chi connectivity index (χ4v) is 1.84. The predicted octanol–water partition coefficient (Wildman–Crippen LogP) is 1.90. The zero-order valence-electron chi connectivity index (χ0n) is 10.6. The van der Waals surface area contributed by atoms with Crippen molar-refractivity contribution >= 4 is 0 Å². The molecule has 2 rings (SSSR count). The number of aliphatic hydroxyl groups is 1. The van der Waals surface area contributed by atoms with Crippen LogP contribution in [-0.4, -0.2) is 31.0 Å². The SMILES string of the molecule is Cc1ccc(OC2CCOC2)c(C#CCCO)c1. The molecule has 1 aromatic carbocycles. The van der Waals surface area contributed by atoms with Crippen LogP contribution in [0.5, 0.6) is 5.75 Å². The minimum atomic E-state index is 0.0888. The molecule has 0 aromatic heterocycles. The molecule has 0 aliphatic carbocycles. The van der Waals surface area contributed by atoms with Gasteiger partial charge in [0.1, 0.15) is 11.9 Å². The Morgan fingerprint density at radius 2 is 2.39 bits per heavy atom. The molecule has 3 nitrogen and oxygen atoms in total. The number of hydrogen-bond acceptors (Lipinski definition) is 3. The van der Waals surface area contributed by atoms with Crippen molar-refractivity contribution in [3.05, 3.63) is 29.3 Å². The van der Waals surface area contributed by atoms with Crippen molar-refractivity contribution in [2.75, 3.05) is 19.8 Å². The van der Waals surface area contributed by atoms with Crippen molar-refractivity contribution in [3.63, 3.8) is 0 Å². The number of hydrogen-bond donors (Lipinski definition) is 1. The van der Waals surface area contributed by atoms with Crippen LogP contribution in [0.1, 0.15) is 24.0 Å². The van der Waals surface area contributed by atoms with Crippen molar-refractivity contribution in [1.82, 2.24) is 0 Å². The lowest BCUT2D eigenvalue weighted by Crippen LogP contribution is -2.16. The molecular formula is C15H18O3. The van der Waals surface area contributed by atoms with Gasteiger partial charge in [-0.15, -0.1) is 0 Å². The monoisotopic (exact) mass is 246 g/mol. The summed E-state index contributed by atoms with van der Waals surface area (Å²) in [6.07, 6.45) is 1.54. The van der Waals surface area contributed by atoms with Crippen LogP contribution >= 0.6 is 0 Å². The first kappa shape index (κ1) is 12.9. The van der Waals surface area contributed by atoms with E-state index in [2.05, 4.69) is 11.8 Å². The fourth-order valence-electron chi connectivity index (χ4n) is 1.84. The third kappa shape index (κ3) is 3.49. The lowest BCUT2D eigenvalue weighted by Gasteiger charge is -2.13. The molecular weight excluding hydrogens is 228 g/mol. The van der Waals surface area contributed by atoms with Gasteiger partial charge in [-0.2, -0.15) is 0 Å². The second kappa shape index (κ2) is 6.44. The fraction of sp³-hybridized carbons (Fsp3) is 0.467. The average molecular weight is 246 g/mol. The summed E-state index contributed by atoms with van der Waals surface area (Å²) in [6.45, 7) is 3.53. The van der Waals surface area contributed by atoms with Crippen molar-refractivity contribution in [2.45, 2.75) is 25.9 Å². The third-order valence-corrected chi connectivity index (χ3v) is 2.78. The maximum atomic E-state index is 8.75. The van der Waals surface area contributed by atoms with E-state index < -0.39 is 0 Å². The maximum Gasteiger partial charge on any atom is 0.135 e. The first-order valence-corrected chi connectivity index (χ1v) is 6.24. The van der Waals surface area contributed by atoms with Crippen LogP contribution in [-0.2, 0) is 4.74 Å². The van der Waals surface area contributed by atoms with Crippen LogP contribution in [0.3, 0.4) is 0 Å². The summed E-state index contributed by atoms with van der Waals surface area (Å²) in [7, 11) is 0. The third-order valence-electron chi connectivity index (χ3n) is 2.78. The van der Waals surface area contributed by atoms with Gasteiger partial charge in [-0.25, -0.2) is 0 Å². The highest BCUT2D eigenvalue weighted by Gasteiger charge is 2.18. The minimum Gasteiger partial charge on any atom is -0.487 e. The normalized spacial score (nSPS) is 18.2. The number of ether oxygens (including phenoxy) is 2. The molecule has 1 unspecified atom stereocenters. The van der Waals surface area contributed by atoms with E-state index in [0.29, 0.717) is 13.0 Å². The lowest BCUT2D eigenvalue weighted by atomic mass is 10.1. The van der Waals surface area contributed by atoms with Crippen molar-refractivity contribution in [3.8, 4) is 17.6 Å². The molecule has 0 spiro atoms. The van der Waals surface area contributed by atoms with E-state index in [9.17, 15) is 0 Å². The largest absolute Gasteiger partial charge is 0.487 e. The van der Waals surface area contributed by atoms with Gasteiger partial charge in [-0.1, -0.05) is 17.9 Å². The summed E-state index contributed by atoms with van der Waals surface area (Å²) in [5.74, 6) is 6.79. The van der Waals surface area contributed by atoms with Gasteiger partial charge < -0.3 is 14.6 Å². The topological polar surface area (TPSA) is 38.7 Å². The van der Waals surface area contributed by atoms with E-state index in [4.69, 9.17) is 14.6 Å². The van der Waals surface area contributed by atoms with Gasteiger partial charge in [-0.05, 0) is 24.6 Å². The highest BCUT2D eigenvalue weighted by atomic mass is 16.5. The van der Waals surface area contributed by atoms with Gasteiger partial charge in [0.05, 0.1) is 25.4 Å². The van der Waals surface area contributed by atoms with Crippen molar-refractivity contribution < 1.29 is 14.6 Å². The number of aryl methyl sites for hydroxylation is 1. The predicted molar refractivity (Wildman–Crippen MR) is 69.6 cm³/mol. The first-order chi connectivity index (χ1) is 8.79. The Hall–Kier alpha value is -1.50. The van der Waals surface area contributed by atoms with Gasteiger partial charge >= 0.3 is 0 Å². The molecule has 0 radical (unpaired) electrons. The average Bonchev–Trinajstić information content (AvgIpc) is 2.86. The van der Waals surface area contributed by atoms with Crippen LogP contribution < -0.4 is 4.74 Å². The van der Waals surface area contributed by atoms with Crippen LogP contribution in [0.15, 0.2) is 18.2 Å². The van der Waals surface area contributed by atoms with E-state index in [0.717, 1.165) is 29.9 Å². The maximum absolute atomic E-state index is 8.75. The molecule has 1 aliphatic heterocycles. The van der Waals surface area contributed by atoms with Crippen molar-refractivity contribution in [1.29, 1.82) is 0 Å². The first-order valence-electron chi connectivity index (χ1n) is 6.24. The summed E-state index contributed by atoms with van der Waals surface area (Å²) < 4.78 is 11.2. The highest BCUT2D eigenvalue weighted by molar-refractivity contribution is 5.48. The van der Waals surface area contributed by atoms with Crippen LogP contribution in [0.4, 0.5) is 0 Å². The van der Waals surface area contributed by atoms with Gasteiger partial charge in [0.25, 0.3) is 0 Å². The Morgan fingerprint density at radius 3 is 3.11 bits per heavy atom. The van der Waals surface area contributed by atoms with E-state index >= 15 is 0 Å². The Balaban J connectivity index is 2.15. The molecule has 1 heterocycles. The molecule has 0 saturated carbocycles. The number of rotatable bonds is 3. The number of benzene rings is 1. The molecule has 1 aromatic rings. The van der Waals surface area contributed by atoms with Crippen LogP contribution in [0.25, 0.3) is 0 Å².